The van der Waals surface area contributed by atoms with Crippen LogP contribution in [0.3, 0.4) is 0 Å². The minimum atomic E-state index is -0.0979. The number of likely N-dealkylation sites (tertiary alicyclic amines) is 1. The average molecular weight is 246 g/mol. The maximum absolute atomic E-state index is 12.1. The Labute approximate surface area is 104 Å². The minimum absolute atomic E-state index is 0.0545. The molecule has 0 spiro atoms. The topological polar surface area (TPSA) is 89.2 Å². The Kier molecular flexibility index (Phi) is 2.50. The fraction of sp³-hybridized carbons (Fsp3) is 0.500. The molecule has 1 aliphatic heterocycles. The Bertz CT molecular complexity index is 477. The number of hydrogen-bond donors (Lipinski definition) is 1. The van der Waals surface area contributed by atoms with Gasteiger partial charge in [-0.05, 0) is 12.8 Å². The maximum atomic E-state index is 12.1. The van der Waals surface area contributed by atoms with Crippen LogP contribution in [-0.4, -0.2) is 26.7 Å². The Morgan fingerprint density at radius 2 is 1.83 bits per heavy atom. The number of nitrogens with two attached hydrogens (primary N) is 1. The van der Waals surface area contributed by atoms with Crippen molar-refractivity contribution in [1.82, 2.24) is 14.9 Å². The summed E-state index contributed by atoms with van der Waals surface area (Å²) < 4.78 is 0. The molecule has 1 saturated carbocycles. The summed E-state index contributed by atoms with van der Waals surface area (Å²) in [6.45, 7) is 0.206. The highest BCUT2D eigenvalue weighted by Gasteiger charge is 2.49. The zero-order valence-corrected chi connectivity index (χ0v) is 9.87. The monoisotopic (exact) mass is 246 g/mol. The third-order valence-corrected chi connectivity index (χ3v) is 3.73. The van der Waals surface area contributed by atoms with Crippen molar-refractivity contribution < 1.29 is 9.59 Å². The first-order valence-electron chi connectivity index (χ1n) is 6.08. The quantitative estimate of drug-likeness (QED) is 0.760. The van der Waals surface area contributed by atoms with Crippen LogP contribution in [0.5, 0.6) is 0 Å². The maximum Gasteiger partial charge on any atom is 0.233 e. The van der Waals surface area contributed by atoms with Gasteiger partial charge in [-0.3, -0.25) is 19.5 Å². The van der Waals surface area contributed by atoms with E-state index in [1.165, 1.54) is 17.3 Å². The zero-order chi connectivity index (χ0) is 12.7. The summed E-state index contributed by atoms with van der Waals surface area (Å²) in [6, 6.07) is 0. The van der Waals surface area contributed by atoms with Crippen LogP contribution in [0.25, 0.3) is 0 Å². The van der Waals surface area contributed by atoms with Crippen LogP contribution in [-0.2, 0) is 16.1 Å². The standard InChI is InChI=1S/C12H14N4O2/c13-10-5-14-7(4-15-10)6-16-11(17)8-2-1-3-9(8)12(16)18/h4-5,8-9H,1-3,6H2,(H2,13,15). The molecule has 2 aliphatic rings. The summed E-state index contributed by atoms with van der Waals surface area (Å²) >= 11 is 0. The van der Waals surface area contributed by atoms with Crippen molar-refractivity contribution in [1.29, 1.82) is 0 Å². The first kappa shape index (κ1) is 11.1. The minimum Gasteiger partial charge on any atom is -0.382 e. The second-order valence-corrected chi connectivity index (χ2v) is 4.84. The molecule has 3 rings (SSSR count). The number of nitrogens with zero attached hydrogens (tertiary/aromatic N) is 3. The molecule has 1 aliphatic carbocycles. The van der Waals surface area contributed by atoms with E-state index >= 15 is 0 Å². The molecule has 94 valence electrons. The number of carbonyl (C=O) groups is 2. The molecular weight excluding hydrogens is 232 g/mol. The lowest BCUT2D eigenvalue weighted by Gasteiger charge is -2.14. The third kappa shape index (κ3) is 1.64. The van der Waals surface area contributed by atoms with Gasteiger partial charge in [-0.25, -0.2) is 4.98 Å². The third-order valence-electron chi connectivity index (χ3n) is 3.73. The van der Waals surface area contributed by atoms with Gasteiger partial charge >= 0.3 is 0 Å². The van der Waals surface area contributed by atoms with Gasteiger partial charge < -0.3 is 5.73 Å². The van der Waals surface area contributed by atoms with Gasteiger partial charge in [0, 0.05) is 0 Å². The summed E-state index contributed by atoms with van der Waals surface area (Å²) in [7, 11) is 0. The smallest absolute Gasteiger partial charge is 0.233 e. The van der Waals surface area contributed by atoms with Gasteiger partial charge in [-0.1, -0.05) is 6.42 Å². The van der Waals surface area contributed by atoms with Gasteiger partial charge in [0.15, 0.2) is 0 Å². The summed E-state index contributed by atoms with van der Waals surface area (Å²) in [5.41, 5.74) is 6.03. The fourth-order valence-electron chi connectivity index (χ4n) is 2.82. The average Bonchev–Trinajstić information content (AvgIpc) is 2.92. The Morgan fingerprint density at radius 3 is 2.39 bits per heavy atom. The van der Waals surface area contributed by atoms with Gasteiger partial charge in [0.25, 0.3) is 0 Å². The number of fused-ring (bicyclic) bond motifs is 1. The lowest BCUT2D eigenvalue weighted by Crippen LogP contribution is -2.31. The van der Waals surface area contributed by atoms with E-state index in [0.29, 0.717) is 11.5 Å². The molecule has 2 heterocycles. The highest BCUT2D eigenvalue weighted by Crippen LogP contribution is 2.40. The van der Waals surface area contributed by atoms with E-state index in [1.807, 2.05) is 0 Å². The van der Waals surface area contributed by atoms with E-state index in [1.54, 1.807) is 0 Å². The molecule has 2 N–H and O–H groups in total. The van der Waals surface area contributed by atoms with E-state index in [9.17, 15) is 9.59 Å². The predicted octanol–water partition coefficient (Wildman–Crippen LogP) is 0.344. The van der Waals surface area contributed by atoms with Crippen molar-refractivity contribution in [3.05, 3.63) is 18.1 Å². The molecule has 1 saturated heterocycles. The molecule has 0 aromatic carbocycles. The van der Waals surface area contributed by atoms with E-state index in [0.717, 1.165) is 19.3 Å². The highest BCUT2D eigenvalue weighted by atomic mass is 16.2. The summed E-state index contributed by atoms with van der Waals surface area (Å²) in [5, 5.41) is 0. The van der Waals surface area contributed by atoms with Crippen LogP contribution in [0, 0.1) is 11.8 Å². The van der Waals surface area contributed by atoms with Gasteiger partial charge in [0.2, 0.25) is 11.8 Å². The normalized spacial score (nSPS) is 26.8. The van der Waals surface area contributed by atoms with Crippen molar-refractivity contribution in [2.45, 2.75) is 25.8 Å². The van der Waals surface area contributed by atoms with Crippen LogP contribution >= 0.6 is 0 Å². The molecule has 0 radical (unpaired) electrons. The number of carbonyl (C=O) groups excluding carboxylic acids is 2. The van der Waals surface area contributed by atoms with Crippen molar-refractivity contribution in [2.24, 2.45) is 11.8 Å². The van der Waals surface area contributed by atoms with E-state index in [2.05, 4.69) is 9.97 Å². The molecule has 1 aromatic rings. The van der Waals surface area contributed by atoms with Crippen molar-refractivity contribution in [3.8, 4) is 0 Å². The van der Waals surface area contributed by atoms with Crippen LogP contribution in [0.4, 0.5) is 5.82 Å². The molecule has 6 nitrogen and oxygen atoms in total. The van der Waals surface area contributed by atoms with Gasteiger partial charge in [-0.2, -0.15) is 0 Å². The number of nitrogen functional groups attached to an aromatic ring is 1. The lowest BCUT2D eigenvalue weighted by molar-refractivity contribution is -0.141. The predicted molar refractivity (Wildman–Crippen MR) is 62.8 cm³/mol. The van der Waals surface area contributed by atoms with E-state index in [4.69, 9.17) is 5.73 Å². The van der Waals surface area contributed by atoms with Crippen LogP contribution in [0.1, 0.15) is 25.0 Å². The van der Waals surface area contributed by atoms with E-state index < -0.39 is 0 Å². The SMILES string of the molecule is Nc1cnc(CN2C(=O)C3CCCC3C2=O)cn1. The molecule has 1 aromatic heterocycles. The summed E-state index contributed by atoms with van der Waals surface area (Å²) in [6.07, 6.45) is 5.58. The molecule has 6 heteroatoms. The summed E-state index contributed by atoms with van der Waals surface area (Å²) in [4.78, 5) is 33.5. The van der Waals surface area contributed by atoms with Crippen molar-refractivity contribution >= 4 is 17.6 Å². The molecule has 2 fully saturated rings. The Morgan fingerprint density at radius 1 is 1.17 bits per heavy atom. The second-order valence-electron chi connectivity index (χ2n) is 4.84. The van der Waals surface area contributed by atoms with Crippen LogP contribution in [0.15, 0.2) is 12.4 Å². The van der Waals surface area contributed by atoms with Gasteiger partial charge in [0.05, 0.1) is 36.5 Å². The van der Waals surface area contributed by atoms with Crippen molar-refractivity contribution in [3.63, 3.8) is 0 Å². The first-order valence-corrected chi connectivity index (χ1v) is 6.08. The molecule has 2 amide bonds. The highest BCUT2D eigenvalue weighted by molar-refractivity contribution is 6.05. The van der Waals surface area contributed by atoms with Crippen LogP contribution in [0.2, 0.25) is 0 Å². The van der Waals surface area contributed by atoms with Crippen molar-refractivity contribution in [2.75, 3.05) is 5.73 Å². The Hall–Kier alpha value is -1.98. The van der Waals surface area contributed by atoms with Crippen LogP contribution < -0.4 is 5.73 Å². The number of anilines is 1. The number of amides is 2. The summed E-state index contributed by atoms with van der Waals surface area (Å²) in [5.74, 6) is 0.0235. The molecule has 0 bridgehead atoms. The first-order chi connectivity index (χ1) is 8.66. The molecule has 2 atom stereocenters. The Balaban J connectivity index is 1.79. The lowest BCUT2D eigenvalue weighted by atomic mass is 10.00. The number of aromatic nitrogens is 2. The molecule has 2 unspecified atom stereocenters. The number of hydrogen-bond acceptors (Lipinski definition) is 5. The number of rotatable bonds is 2. The fourth-order valence-corrected chi connectivity index (χ4v) is 2.82. The van der Waals surface area contributed by atoms with Gasteiger partial charge in [0.1, 0.15) is 5.82 Å². The largest absolute Gasteiger partial charge is 0.382 e. The van der Waals surface area contributed by atoms with Gasteiger partial charge in [-0.15, -0.1) is 0 Å². The zero-order valence-electron chi connectivity index (χ0n) is 9.87. The molecule has 18 heavy (non-hydrogen) atoms. The number of imide groups is 1. The van der Waals surface area contributed by atoms with E-state index in [-0.39, 0.29) is 30.2 Å². The molecular formula is C12H14N4O2. The second kappa shape index (κ2) is 4.04.